The molecule has 0 aromatic carbocycles. The largest absolute Gasteiger partial charge is 0.465 e. The maximum absolute atomic E-state index is 10.6. The van der Waals surface area contributed by atoms with E-state index >= 15 is 0 Å². The van der Waals surface area contributed by atoms with Gasteiger partial charge in [0.05, 0.1) is 13.2 Å². The first-order valence-electron chi connectivity index (χ1n) is 4.64. The molecule has 0 atom stereocenters. The average molecular weight is 257 g/mol. The third kappa shape index (κ3) is 9.82. The Kier molecular flexibility index (Phi) is 9.73. The van der Waals surface area contributed by atoms with Crippen LogP contribution in [0.4, 0.5) is 0 Å². The summed E-state index contributed by atoms with van der Waals surface area (Å²) in [6.45, 7) is 0.712. The van der Waals surface area contributed by atoms with Crippen LogP contribution in [-0.4, -0.2) is 36.9 Å². The summed E-state index contributed by atoms with van der Waals surface area (Å²) >= 11 is 10.4. The molecule has 15 heavy (non-hydrogen) atoms. The smallest absolute Gasteiger partial charge is 0.320 e. The number of rotatable bonds is 8. The van der Waals surface area contributed by atoms with Crippen LogP contribution in [0, 0.1) is 0 Å². The number of alkyl halides is 2. The van der Waals surface area contributed by atoms with Gasteiger partial charge in [-0.15, -0.1) is 23.2 Å². The number of halogens is 2. The van der Waals surface area contributed by atoms with E-state index < -0.39 is 11.9 Å². The van der Waals surface area contributed by atoms with E-state index in [4.69, 9.17) is 32.7 Å². The summed E-state index contributed by atoms with van der Waals surface area (Å²) in [6.07, 6.45) is 2.30. The second-order valence-corrected chi connectivity index (χ2v) is 3.30. The molecule has 0 spiro atoms. The third-order valence-electron chi connectivity index (χ3n) is 1.53. The van der Waals surface area contributed by atoms with Gasteiger partial charge in [-0.25, -0.2) is 0 Å². The Morgan fingerprint density at radius 3 is 1.53 bits per heavy atom. The van der Waals surface area contributed by atoms with Crippen molar-refractivity contribution < 1.29 is 19.1 Å². The van der Waals surface area contributed by atoms with Gasteiger partial charge in [0.15, 0.2) is 0 Å². The summed E-state index contributed by atoms with van der Waals surface area (Å²) < 4.78 is 9.48. The van der Waals surface area contributed by atoms with Crippen molar-refractivity contribution in [2.45, 2.75) is 19.3 Å². The van der Waals surface area contributed by atoms with E-state index in [0.29, 0.717) is 13.2 Å². The molecule has 0 fully saturated rings. The molecule has 0 amide bonds. The molecule has 0 saturated carbocycles. The van der Waals surface area contributed by atoms with Crippen molar-refractivity contribution >= 4 is 35.1 Å². The van der Waals surface area contributed by atoms with Crippen molar-refractivity contribution in [2.24, 2.45) is 0 Å². The van der Waals surface area contributed by atoms with Crippen molar-refractivity contribution in [2.75, 3.05) is 25.0 Å². The highest BCUT2D eigenvalue weighted by Crippen LogP contribution is 1.98. The summed E-state index contributed by atoms with van der Waals surface area (Å²) in [5, 5.41) is 0. The summed E-state index contributed by atoms with van der Waals surface area (Å²) in [5.41, 5.74) is 0. The number of unbranched alkanes of at least 4 members (excludes halogenated alkanes) is 2. The van der Waals surface area contributed by atoms with Crippen LogP contribution in [-0.2, 0) is 19.1 Å². The lowest BCUT2D eigenvalue weighted by atomic mass is 10.2. The topological polar surface area (TPSA) is 52.6 Å². The fourth-order valence-electron chi connectivity index (χ4n) is 0.830. The van der Waals surface area contributed by atoms with Gasteiger partial charge in [0.25, 0.3) is 0 Å². The minimum atomic E-state index is -0.412. The summed E-state index contributed by atoms with van der Waals surface area (Å²) in [5.74, 6) is -1.06. The van der Waals surface area contributed by atoms with E-state index in [9.17, 15) is 9.59 Å². The van der Waals surface area contributed by atoms with Gasteiger partial charge in [-0.3, -0.25) is 9.59 Å². The second kappa shape index (κ2) is 10.1. The molecule has 0 radical (unpaired) electrons. The third-order valence-corrected chi connectivity index (χ3v) is 1.97. The average Bonchev–Trinajstić information content (AvgIpc) is 2.26. The number of carbonyl (C=O) groups is 2. The van der Waals surface area contributed by atoms with E-state index in [1.165, 1.54) is 0 Å². The monoisotopic (exact) mass is 256 g/mol. The zero-order valence-corrected chi connectivity index (χ0v) is 9.85. The number of ether oxygens (including phenoxy) is 2. The number of carbonyl (C=O) groups excluding carboxylic acids is 2. The molecular weight excluding hydrogens is 243 g/mol. The zero-order valence-electron chi connectivity index (χ0n) is 8.34. The van der Waals surface area contributed by atoms with E-state index in [-0.39, 0.29) is 11.8 Å². The summed E-state index contributed by atoms with van der Waals surface area (Å²) in [6, 6.07) is 0. The highest BCUT2D eigenvalue weighted by atomic mass is 35.5. The van der Waals surface area contributed by atoms with Gasteiger partial charge in [0, 0.05) is 0 Å². The Hall–Kier alpha value is -0.480. The van der Waals surface area contributed by atoms with Gasteiger partial charge in [0.1, 0.15) is 11.8 Å². The predicted octanol–water partition coefficient (Wildman–Crippen LogP) is 1.72. The molecule has 0 aromatic rings. The highest BCUT2D eigenvalue weighted by Gasteiger charge is 2.00. The minimum Gasteiger partial charge on any atom is -0.465 e. The Labute approximate surface area is 98.8 Å². The first kappa shape index (κ1) is 14.5. The van der Waals surface area contributed by atoms with Crippen LogP contribution in [0.15, 0.2) is 0 Å². The van der Waals surface area contributed by atoms with E-state index in [1.807, 2.05) is 0 Å². The lowest BCUT2D eigenvalue weighted by Crippen LogP contribution is -2.08. The number of hydrogen-bond donors (Lipinski definition) is 0. The normalized spacial score (nSPS) is 9.73. The molecule has 0 aliphatic carbocycles. The Bertz CT molecular complexity index is 177. The van der Waals surface area contributed by atoms with Crippen LogP contribution in [0.2, 0.25) is 0 Å². The SMILES string of the molecule is O=C(CCl)OCCCCCOC(=O)CCl. The van der Waals surface area contributed by atoms with Crippen molar-refractivity contribution in [3.8, 4) is 0 Å². The van der Waals surface area contributed by atoms with Gasteiger partial charge in [0.2, 0.25) is 0 Å². The second-order valence-electron chi connectivity index (χ2n) is 2.77. The summed E-state index contributed by atoms with van der Waals surface area (Å²) in [7, 11) is 0. The van der Waals surface area contributed by atoms with Crippen LogP contribution in [0.3, 0.4) is 0 Å². The number of esters is 2. The van der Waals surface area contributed by atoms with Crippen molar-refractivity contribution in [3.63, 3.8) is 0 Å². The van der Waals surface area contributed by atoms with Gasteiger partial charge in [-0.05, 0) is 19.3 Å². The molecule has 0 rings (SSSR count). The Morgan fingerprint density at radius 2 is 1.20 bits per heavy atom. The molecule has 6 heteroatoms. The van der Waals surface area contributed by atoms with E-state index in [2.05, 4.69) is 0 Å². The fourth-order valence-corrected chi connectivity index (χ4v) is 0.984. The van der Waals surface area contributed by atoms with E-state index in [0.717, 1.165) is 19.3 Å². The molecule has 0 aromatic heterocycles. The van der Waals surface area contributed by atoms with Crippen LogP contribution >= 0.6 is 23.2 Å². The molecule has 88 valence electrons. The standard InChI is InChI=1S/C9H14Cl2O4/c10-6-8(12)14-4-2-1-3-5-15-9(13)7-11/h1-7H2. The maximum Gasteiger partial charge on any atom is 0.320 e. The zero-order chi connectivity index (χ0) is 11.5. The first-order valence-corrected chi connectivity index (χ1v) is 5.70. The molecule has 0 bridgehead atoms. The highest BCUT2D eigenvalue weighted by molar-refractivity contribution is 6.26. The lowest BCUT2D eigenvalue weighted by molar-refractivity contribution is -0.140. The quantitative estimate of drug-likeness (QED) is 0.377. The maximum atomic E-state index is 10.6. The Morgan fingerprint density at radius 1 is 0.800 bits per heavy atom. The van der Waals surface area contributed by atoms with Crippen LogP contribution < -0.4 is 0 Å². The van der Waals surface area contributed by atoms with Crippen LogP contribution in [0.1, 0.15) is 19.3 Å². The molecule has 0 aliphatic heterocycles. The molecule has 0 N–H and O–H groups in total. The van der Waals surface area contributed by atoms with Crippen molar-refractivity contribution in [1.29, 1.82) is 0 Å². The number of hydrogen-bond acceptors (Lipinski definition) is 4. The van der Waals surface area contributed by atoms with Crippen molar-refractivity contribution in [1.82, 2.24) is 0 Å². The molecular formula is C9H14Cl2O4. The van der Waals surface area contributed by atoms with Gasteiger partial charge in [-0.1, -0.05) is 0 Å². The van der Waals surface area contributed by atoms with Crippen LogP contribution in [0.5, 0.6) is 0 Å². The first-order chi connectivity index (χ1) is 7.20. The van der Waals surface area contributed by atoms with Gasteiger partial charge in [-0.2, -0.15) is 0 Å². The molecule has 0 heterocycles. The summed E-state index contributed by atoms with van der Waals surface area (Å²) in [4.78, 5) is 21.2. The van der Waals surface area contributed by atoms with Gasteiger partial charge < -0.3 is 9.47 Å². The van der Waals surface area contributed by atoms with Crippen molar-refractivity contribution in [3.05, 3.63) is 0 Å². The molecule has 4 nitrogen and oxygen atoms in total. The lowest BCUT2D eigenvalue weighted by Gasteiger charge is -2.03. The fraction of sp³-hybridized carbons (Fsp3) is 0.778. The van der Waals surface area contributed by atoms with Crippen LogP contribution in [0.25, 0.3) is 0 Å². The molecule has 0 aliphatic rings. The molecule has 0 saturated heterocycles. The van der Waals surface area contributed by atoms with E-state index in [1.54, 1.807) is 0 Å². The minimum absolute atomic E-state index is 0.118. The predicted molar refractivity (Wildman–Crippen MR) is 57.2 cm³/mol. The van der Waals surface area contributed by atoms with Gasteiger partial charge >= 0.3 is 11.9 Å². The Balaban J connectivity index is 3.11. The molecule has 0 unspecified atom stereocenters.